The molecule has 0 heterocycles. The molecule has 0 aliphatic heterocycles. The van der Waals surface area contributed by atoms with Crippen molar-refractivity contribution < 1.29 is 19.1 Å². The third kappa shape index (κ3) is 7.09. The number of esters is 1. The van der Waals surface area contributed by atoms with E-state index >= 15 is 0 Å². The highest BCUT2D eigenvalue weighted by Gasteiger charge is 2.16. The smallest absolute Gasteiger partial charge is 0.344 e. The Hall–Kier alpha value is -3.60. The summed E-state index contributed by atoms with van der Waals surface area (Å²) in [6.45, 7) is -0.179. The fourth-order valence-corrected chi connectivity index (χ4v) is 3.01. The first-order valence-corrected chi connectivity index (χ1v) is 9.92. The molecule has 0 fully saturated rings. The molecule has 0 spiro atoms. The maximum atomic E-state index is 12.4. The molecule has 0 aromatic heterocycles. The Morgan fingerprint density at radius 1 is 0.800 bits per heavy atom. The molecular weight excluding hydrogens is 378 g/mol. The average Bonchev–Trinajstić information content (AvgIpc) is 2.79. The molecule has 1 N–H and O–H groups in total. The zero-order chi connectivity index (χ0) is 21.0. The van der Waals surface area contributed by atoms with E-state index < -0.39 is 5.97 Å². The van der Waals surface area contributed by atoms with Crippen LogP contribution in [0.4, 0.5) is 0 Å². The molecule has 1 atom stereocenters. The topological polar surface area (TPSA) is 64.6 Å². The summed E-state index contributed by atoms with van der Waals surface area (Å²) in [4.78, 5) is 24.2. The van der Waals surface area contributed by atoms with Gasteiger partial charge >= 0.3 is 5.97 Å². The molecular formula is C25H25NO4. The van der Waals surface area contributed by atoms with E-state index in [1.54, 1.807) is 12.1 Å². The second-order valence-corrected chi connectivity index (χ2v) is 6.79. The van der Waals surface area contributed by atoms with Crippen LogP contribution in [-0.4, -0.2) is 25.1 Å². The third-order valence-corrected chi connectivity index (χ3v) is 4.51. The highest BCUT2D eigenvalue weighted by molar-refractivity contribution is 5.77. The SMILES string of the molecule is O=C(CCOC(=O)COc1ccccc1)NC(Cc1ccccc1)c1ccccc1. The number of benzene rings is 3. The van der Waals surface area contributed by atoms with Crippen LogP contribution in [0.3, 0.4) is 0 Å². The van der Waals surface area contributed by atoms with Gasteiger partial charge in [-0.05, 0) is 29.7 Å². The Kier molecular flexibility index (Phi) is 8.03. The summed E-state index contributed by atoms with van der Waals surface area (Å²) in [5.74, 6) is -0.0779. The largest absolute Gasteiger partial charge is 0.482 e. The van der Waals surface area contributed by atoms with E-state index in [0.29, 0.717) is 12.2 Å². The number of nitrogens with one attached hydrogen (secondary N) is 1. The molecule has 0 aliphatic carbocycles. The van der Waals surface area contributed by atoms with Crippen LogP contribution < -0.4 is 10.1 Å². The van der Waals surface area contributed by atoms with Gasteiger partial charge in [0.25, 0.3) is 0 Å². The predicted molar refractivity (Wildman–Crippen MR) is 115 cm³/mol. The normalized spacial score (nSPS) is 11.3. The maximum Gasteiger partial charge on any atom is 0.344 e. The maximum absolute atomic E-state index is 12.4. The van der Waals surface area contributed by atoms with Gasteiger partial charge in [-0.1, -0.05) is 78.9 Å². The first-order valence-electron chi connectivity index (χ1n) is 9.92. The minimum Gasteiger partial charge on any atom is -0.482 e. The Morgan fingerprint density at radius 2 is 1.40 bits per heavy atom. The lowest BCUT2D eigenvalue weighted by Crippen LogP contribution is -2.31. The lowest BCUT2D eigenvalue weighted by molar-refractivity contribution is -0.146. The van der Waals surface area contributed by atoms with Crippen molar-refractivity contribution in [2.75, 3.05) is 13.2 Å². The van der Waals surface area contributed by atoms with Gasteiger partial charge in [-0.15, -0.1) is 0 Å². The highest BCUT2D eigenvalue weighted by atomic mass is 16.6. The van der Waals surface area contributed by atoms with Gasteiger partial charge < -0.3 is 14.8 Å². The molecule has 3 aromatic carbocycles. The van der Waals surface area contributed by atoms with Gasteiger partial charge in [0.2, 0.25) is 5.91 Å². The van der Waals surface area contributed by atoms with Crippen LogP contribution >= 0.6 is 0 Å². The molecule has 5 heteroatoms. The zero-order valence-corrected chi connectivity index (χ0v) is 16.7. The number of hydrogen-bond donors (Lipinski definition) is 1. The molecule has 30 heavy (non-hydrogen) atoms. The third-order valence-electron chi connectivity index (χ3n) is 4.51. The summed E-state index contributed by atoms with van der Waals surface area (Å²) in [5, 5.41) is 3.05. The van der Waals surface area contributed by atoms with Gasteiger partial charge in [0.05, 0.1) is 12.5 Å². The summed E-state index contributed by atoms with van der Waals surface area (Å²) in [6.07, 6.45) is 0.774. The number of rotatable bonds is 10. The monoisotopic (exact) mass is 403 g/mol. The van der Waals surface area contributed by atoms with Gasteiger partial charge in [0.1, 0.15) is 12.4 Å². The summed E-state index contributed by atoms with van der Waals surface area (Å²) in [5.41, 5.74) is 2.17. The van der Waals surface area contributed by atoms with Crippen molar-refractivity contribution in [2.45, 2.75) is 18.9 Å². The lowest BCUT2D eigenvalue weighted by Gasteiger charge is -2.19. The standard InChI is InChI=1S/C25H25NO4/c27-24(16-17-29-25(28)19-30-22-14-8-3-9-15-22)26-23(21-12-6-2-7-13-21)18-20-10-4-1-5-11-20/h1-15,23H,16-19H2,(H,26,27). The van der Waals surface area contributed by atoms with Crippen molar-refractivity contribution >= 4 is 11.9 Å². The van der Waals surface area contributed by atoms with Crippen LogP contribution in [0.25, 0.3) is 0 Å². The quantitative estimate of drug-likeness (QED) is 0.518. The summed E-state index contributed by atoms with van der Waals surface area (Å²) in [6, 6.07) is 28.7. The summed E-state index contributed by atoms with van der Waals surface area (Å²) in [7, 11) is 0. The van der Waals surface area contributed by atoms with Gasteiger partial charge in [0, 0.05) is 0 Å². The first kappa shape index (κ1) is 21.1. The van der Waals surface area contributed by atoms with Gasteiger partial charge in [0.15, 0.2) is 6.61 Å². The Bertz CT molecular complexity index is 914. The van der Waals surface area contributed by atoms with E-state index in [2.05, 4.69) is 5.32 Å². The van der Waals surface area contributed by atoms with Crippen LogP contribution in [0.2, 0.25) is 0 Å². The molecule has 3 aromatic rings. The van der Waals surface area contributed by atoms with Crippen molar-refractivity contribution in [3.8, 4) is 5.75 Å². The summed E-state index contributed by atoms with van der Waals surface area (Å²) < 4.78 is 10.5. The lowest BCUT2D eigenvalue weighted by atomic mass is 9.99. The molecule has 5 nitrogen and oxygen atoms in total. The number of carbonyl (C=O) groups excluding carboxylic acids is 2. The Labute approximate surface area is 176 Å². The number of para-hydroxylation sites is 1. The van der Waals surface area contributed by atoms with Crippen LogP contribution in [0.5, 0.6) is 5.75 Å². The molecule has 0 bridgehead atoms. The molecule has 3 rings (SSSR count). The van der Waals surface area contributed by atoms with E-state index in [1.807, 2.05) is 78.9 Å². The van der Waals surface area contributed by atoms with E-state index in [1.165, 1.54) is 0 Å². The van der Waals surface area contributed by atoms with Gasteiger partial charge in [-0.3, -0.25) is 4.79 Å². The second kappa shape index (κ2) is 11.4. The fraction of sp³-hybridized carbons (Fsp3) is 0.200. The molecule has 1 amide bonds. The van der Waals surface area contributed by atoms with Crippen molar-refractivity contribution in [3.63, 3.8) is 0 Å². The predicted octanol–water partition coefficient (Wildman–Crippen LogP) is 4.10. The fourth-order valence-electron chi connectivity index (χ4n) is 3.01. The van der Waals surface area contributed by atoms with Gasteiger partial charge in [-0.2, -0.15) is 0 Å². The molecule has 0 saturated heterocycles. The average molecular weight is 403 g/mol. The molecule has 0 radical (unpaired) electrons. The van der Waals surface area contributed by atoms with Crippen LogP contribution in [0, 0.1) is 0 Å². The van der Waals surface area contributed by atoms with Crippen molar-refractivity contribution in [3.05, 3.63) is 102 Å². The van der Waals surface area contributed by atoms with E-state index in [4.69, 9.17) is 9.47 Å². The molecule has 0 aliphatic rings. The number of hydrogen-bond acceptors (Lipinski definition) is 4. The zero-order valence-electron chi connectivity index (χ0n) is 16.7. The van der Waals surface area contributed by atoms with E-state index in [0.717, 1.165) is 11.1 Å². The van der Waals surface area contributed by atoms with Crippen LogP contribution in [-0.2, 0) is 20.7 Å². The minimum atomic E-state index is -0.504. The number of ether oxygens (including phenoxy) is 2. The molecule has 0 saturated carbocycles. The Morgan fingerprint density at radius 3 is 2.07 bits per heavy atom. The first-order chi connectivity index (χ1) is 14.7. The highest BCUT2D eigenvalue weighted by Crippen LogP contribution is 2.18. The number of amides is 1. The van der Waals surface area contributed by atoms with E-state index in [9.17, 15) is 9.59 Å². The second-order valence-electron chi connectivity index (χ2n) is 6.79. The Balaban J connectivity index is 1.46. The van der Waals surface area contributed by atoms with Crippen molar-refractivity contribution in [2.24, 2.45) is 0 Å². The van der Waals surface area contributed by atoms with Crippen LogP contribution in [0.1, 0.15) is 23.6 Å². The van der Waals surface area contributed by atoms with E-state index in [-0.39, 0.29) is 31.6 Å². The molecule has 154 valence electrons. The molecule has 1 unspecified atom stereocenters. The van der Waals surface area contributed by atoms with Gasteiger partial charge in [-0.25, -0.2) is 4.79 Å². The number of carbonyl (C=O) groups is 2. The van der Waals surface area contributed by atoms with Crippen molar-refractivity contribution in [1.29, 1.82) is 0 Å². The van der Waals surface area contributed by atoms with Crippen LogP contribution in [0.15, 0.2) is 91.0 Å². The van der Waals surface area contributed by atoms with Crippen molar-refractivity contribution in [1.82, 2.24) is 5.32 Å². The summed E-state index contributed by atoms with van der Waals surface area (Å²) >= 11 is 0. The minimum absolute atomic E-state index is 0.00959.